The average Bonchev–Trinajstić information content (AvgIpc) is 3.26. The minimum atomic E-state index is -0.495. The van der Waals surface area contributed by atoms with Crippen LogP contribution in [0.5, 0.6) is 0 Å². The summed E-state index contributed by atoms with van der Waals surface area (Å²) >= 11 is 6.15. The molecule has 2 aromatic rings. The molecule has 7 nitrogen and oxygen atoms in total. The van der Waals surface area contributed by atoms with Gasteiger partial charge in [-0.1, -0.05) is 29.8 Å². The molecule has 0 atom stereocenters. The Hall–Kier alpha value is -3.10. The van der Waals surface area contributed by atoms with Gasteiger partial charge in [-0.2, -0.15) is 5.10 Å². The van der Waals surface area contributed by atoms with E-state index in [4.69, 9.17) is 16.3 Å². The lowest BCUT2D eigenvalue weighted by Crippen LogP contribution is -2.29. The van der Waals surface area contributed by atoms with E-state index in [-0.39, 0.29) is 12.3 Å². The molecule has 9 heteroatoms. The number of halogens is 2. The maximum atomic E-state index is 14.8. The second kappa shape index (κ2) is 10.7. The van der Waals surface area contributed by atoms with Crippen molar-refractivity contribution in [1.82, 2.24) is 10.3 Å². The van der Waals surface area contributed by atoms with E-state index < -0.39 is 11.8 Å². The van der Waals surface area contributed by atoms with E-state index in [0.29, 0.717) is 39.8 Å². The van der Waals surface area contributed by atoms with Crippen LogP contribution in [0.4, 0.5) is 10.1 Å². The van der Waals surface area contributed by atoms with Gasteiger partial charge >= 0.3 is 5.97 Å². The first-order valence-electron chi connectivity index (χ1n) is 10.8. The number of fused-ring (bicyclic) bond motifs is 1. The van der Waals surface area contributed by atoms with Crippen molar-refractivity contribution in [3.8, 4) is 0 Å². The van der Waals surface area contributed by atoms with Crippen LogP contribution in [0.1, 0.15) is 30.4 Å². The summed E-state index contributed by atoms with van der Waals surface area (Å²) < 4.78 is 19.7. The Kier molecular flexibility index (Phi) is 7.47. The minimum Gasteiger partial charge on any atom is -0.464 e. The lowest BCUT2D eigenvalue weighted by atomic mass is 10.00. The highest BCUT2D eigenvalue weighted by molar-refractivity contribution is 6.36. The Morgan fingerprint density at radius 3 is 2.79 bits per heavy atom. The zero-order chi connectivity index (χ0) is 23.2. The molecule has 2 aliphatic heterocycles. The van der Waals surface area contributed by atoms with Crippen LogP contribution >= 0.6 is 11.6 Å². The molecule has 2 aromatic carbocycles. The molecule has 2 heterocycles. The van der Waals surface area contributed by atoms with Crippen molar-refractivity contribution < 1.29 is 13.9 Å². The van der Waals surface area contributed by atoms with E-state index in [1.807, 2.05) is 6.07 Å². The number of hydrazone groups is 1. The fourth-order valence-corrected chi connectivity index (χ4v) is 4.10. The van der Waals surface area contributed by atoms with Gasteiger partial charge < -0.3 is 9.64 Å². The first-order valence-corrected chi connectivity index (χ1v) is 11.2. The molecule has 33 heavy (non-hydrogen) atoms. The maximum absolute atomic E-state index is 14.8. The van der Waals surface area contributed by atoms with E-state index in [2.05, 4.69) is 25.4 Å². The van der Waals surface area contributed by atoms with E-state index in [9.17, 15) is 9.18 Å². The molecule has 0 saturated carbocycles. The zero-order valence-electron chi connectivity index (χ0n) is 18.4. The molecule has 0 amide bonds. The van der Waals surface area contributed by atoms with Gasteiger partial charge in [0.15, 0.2) is 0 Å². The van der Waals surface area contributed by atoms with Gasteiger partial charge in [0, 0.05) is 23.6 Å². The Labute approximate surface area is 197 Å². The van der Waals surface area contributed by atoms with Crippen LogP contribution in [0.15, 0.2) is 57.6 Å². The van der Waals surface area contributed by atoms with Crippen LogP contribution < -0.4 is 5.43 Å². The van der Waals surface area contributed by atoms with Crippen LogP contribution in [0.3, 0.4) is 0 Å². The molecule has 0 aliphatic carbocycles. The van der Waals surface area contributed by atoms with E-state index in [0.717, 1.165) is 19.6 Å². The first-order chi connectivity index (χ1) is 16.0. The average molecular weight is 470 g/mol. The summed E-state index contributed by atoms with van der Waals surface area (Å²) in [5.41, 5.74) is 4.99. The molecule has 0 radical (unpaired) electrons. The number of ether oxygens (including phenoxy) is 1. The minimum absolute atomic E-state index is 0.125. The van der Waals surface area contributed by atoms with Crippen molar-refractivity contribution in [1.29, 1.82) is 0 Å². The summed E-state index contributed by atoms with van der Waals surface area (Å²) in [6.45, 7) is 2.91. The van der Waals surface area contributed by atoms with Gasteiger partial charge in [-0.25, -0.2) is 14.2 Å². The number of benzene rings is 2. The number of carbonyl (C=O) groups is 1. The Morgan fingerprint density at radius 2 is 2.03 bits per heavy atom. The van der Waals surface area contributed by atoms with Gasteiger partial charge in [0.25, 0.3) is 0 Å². The summed E-state index contributed by atoms with van der Waals surface area (Å²) in [5, 5.41) is 4.81. The fourth-order valence-electron chi connectivity index (χ4n) is 3.91. The molecular weight excluding hydrogens is 445 g/mol. The summed E-state index contributed by atoms with van der Waals surface area (Å²) in [6, 6.07) is 11.8. The lowest BCUT2D eigenvalue weighted by molar-refractivity contribution is -0.132. The largest absolute Gasteiger partial charge is 0.464 e. The Balaban J connectivity index is 1.60. The highest BCUT2D eigenvalue weighted by Gasteiger charge is 2.21. The Bertz CT molecular complexity index is 1130. The molecule has 1 fully saturated rings. The standard InChI is InChI=1S/C24H25ClFN5O2/c1-33-24(32)20(10-13-31-11-2-3-12-31)29-30-21-15-27-23(16-6-4-7-17(25)14-16)22-18(26)8-5-9-19(22)28-21/h4-9,14H,2-3,10-13,15H2,1H3,(H,28,30)/b29-20-. The second-order valence-electron chi connectivity index (χ2n) is 7.83. The van der Waals surface area contributed by atoms with E-state index >= 15 is 0 Å². The predicted octanol–water partition coefficient (Wildman–Crippen LogP) is 3.96. The summed E-state index contributed by atoms with van der Waals surface area (Å²) in [7, 11) is 1.33. The van der Waals surface area contributed by atoms with E-state index in [1.54, 1.807) is 30.3 Å². The molecule has 172 valence electrons. The molecule has 0 spiro atoms. The van der Waals surface area contributed by atoms with Gasteiger partial charge in [0.1, 0.15) is 17.4 Å². The molecule has 1 N–H and O–H groups in total. The third kappa shape index (κ3) is 5.64. The first kappa shape index (κ1) is 23.1. The van der Waals surface area contributed by atoms with Gasteiger partial charge in [0.2, 0.25) is 0 Å². The summed E-state index contributed by atoms with van der Waals surface area (Å²) in [6.07, 6.45) is 2.79. The van der Waals surface area contributed by atoms with Crippen LogP contribution in [-0.2, 0) is 9.53 Å². The van der Waals surface area contributed by atoms with Crippen molar-refractivity contribution in [2.45, 2.75) is 19.3 Å². The van der Waals surface area contributed by atoms with Crippen molar-refractivity contribution in [2.24, 2.45) is 15.1 Å². The number of rotatable bonds is 6. The maximum Gasteiger partial charge on any atom is 0.354 e. The number of nitrogens with one attached hydrogen (secondary N) is 1. The van der Waals surface area contributed by atoms with Crippen LogP contribution in [0.25, 0.3) is 0 Å². The van der Waals surface area contributed by atoms with Gasteiger partial charge in [-0.3, -0.25) is 10.4 Å². The van der Waals surface area contributed by atoms with Crippen molar-refractivity contribution in [3.05, 3.63) is 64.4 Å². The molecule has 0 aromatic heterocycles. The number of aliphatic imine (C=N–C) groups is 2. The summed E-state index contributed by atoms with van der Waals surface area (Å²) in [4.78, 5) is 23.7. The molecule has 0 bridgehead atoms. The highest BCUT2D eigenvalue weighted by atomic mass is 35.5. The SMILES string of the molecule is COC(=O)/C(CCN1CCCC1)=N\NC1=Nc2cccc(F)c2C(c2cccc(Cl)c2)=NC1. The normalized spacial score (nSPS) is 16.5. The number of esters is 1. The summed E-state index contributed by atoms with van der Waals surface area (Å²) in [5.74, 6) is -0.535. The molecule has 4 rings (SSSR count). The lowest BCUT2D eigenvalue weighted by Gasteiger charge is -2.14. The third-order valence-electron chi connectivity index (χ3n) is 5.57. The molecule has 2 aliphatic rings. The monoisotopic (exact) mass is 469 g/mol. The number of nitrogens with zero attached hydrogens (tertiary/aromatic N) is 4. The molecule has 1 saturated heterocycles. The molecular formula is C24H25ClFN5O2. The smallest absolute Gasteiger partial charge is 0.354 e. The van der Waals surface area contributed by atoms with Gasteiger partial charge in [-0.05, 0) is 50.2 Å². The third-order valence-corrected chi connectivity index (χ3v) is 5.81. The number of hydrogen-bond acceptors (Lipinski definition) is 7. The second-order valence-corrected chi connectivity index (χ2v) is 8.26. The number of carbonyl (C=O) groups excluding carboxylic acids is 1. The van der Waals surface area contributed by atoms with Gasteiger partial charge in [0.05, 0.1) is 30.6 Å². The van der Waals surface area contributed by atoms with Crippen molar-refractivity contribution in [2.75, 3.05) is 33.3 Å². The number of amidine groups is 1. The van der Waals surface area contributed by atoms with Crippen molar-refractivity contribution in [3.63, 3.8) is 0 Å². The zero-order valence-corrected chi connectivity index (χ0v) is 19.1. The van der Waals surface area contributed by atoms with Crippen LogP contribution in [-0.4, -0.2) is 61.4 Å². The van der Waals surface area contributed by atoms with Crippen molar-refractivity contribution >= 4 is 40.5 Å². The number of methoxy groups -OCH3 is 1. The predicted molar refractivity (Wildman–Crippen MR) is 128 cm³/mol. The fraction of sp³-hybridized carbons (Fsp3) is 0.333. The number of likely N-dealkylation sites (tertiary alicyclic amines) is 1. The number of hydrogen-bond donors (Lipinski definition) is 1. The topological polar surface area (TPSA) is 78.6 Å². The molecule has 0 unspecified atom stereocenters. The van der Waals surface area contributed by atoms with Gasteiger partial charge in [-0.15, -0.1) is 0 Å². The highest BCUT2D eigenvalue weighted by Crippen LogP contribution is 2.28. The Morgan fingerprint density at radius 1 is 1.24 bits per heavy atom. The quantitative estimate of drug-likeness (QED) is 0.394. The van der Waals surface area contributed by atoms with Crippen LogP contribution in [0.2, 0.25) is 5.02 Å². The van der Waals surface area contributed by atoms with Crippen LogP contribution in [0, 0.1) is 5.82 Å². The van der Waals surface area contributed by atoms with E-state index in [1.165, 1.54) is 26.0 Å².